The summed E-state index contributed by atoms with van der Waals surface area (Å²) in [5, 5.41) is 4.60. The van der Waals surface area contributed by atoms with Crippen LogP contribution in [-0.4, -0.2) is 109 Å². The second kappa shape index (κ2) is 18.6. The van der Waals surface area contributed by atoms with Gasteiger partial charge in [-0.2, -0.15) is 22.7 Å². The van der Waals surface area contributed by atoms with Crippen LogP contribution in [0.25, 0.3) is 32.0 Å². The van der Waals surface area contributed by atoms with E-state index in [0.717, 1.165) is 37.4 Å². The zero-order valence-corrected chi connectivity index (χ0v) is 34.9. The van der Waals surface area contributed by atoms with Gasteiger partial charge >= 0.3 is 12.1 Å². The van der Waals surface area contributed by atoms with Crippen LogP contribution in [0.3, 0.4) is 0 Å². The number of ether oxygens (including phenoxy) is 4. The van der Waals surface area contributed by atoms with Gasteiger partial charge in [-0.25, -0.2) is 14.8 Å². The van der Waals surface area contributed by atoms with Crippen molar-refractivity contribution < 1.29 is 45.7 Å². The van der Waals surface area contributed by atoms with Crippen molar-refractivity contribution in [2.45, 2.75) is 45.1 Å². The van der Waals surface area contributed by atoms with Crippen molar-refractivity contribution in [3.8, 4) is 39.1 Å². The lowest BCUT2D eigenvalue weighted by Crippen LogP contribution is -2.45. The zero-order chi connectivity index (χ0) is 42.6. The Morgan fingerprint density at radius 3 is 2.55 bits per heavy atom. The summed E-state index contributed by atoms with van der Waals surface area (Å²) < 4.78 is 84.7. The van der Waals surface area contributed by atoms with Gasteiger partial charge in [0, 0.05) is 56.4 Å². The first-order valence-electron chi connectivity index (χ1n) is 19.3. The van der Waals surface area contributed by atoms with Gasteiger partial charge in [0.2, 0.25) is 5.88 Å². The van der Waals surface area contributed by atoms with E-state index in [9.17, 15) is 22.4 Å². The van der Waals surface area contributed by atoms with Crippen molar-refractivity contribution >= 4 is 47.0 Å². The van der Waals surface area contributed by atoms with E-state index >= 15 is 0 Å². The first-order chi connectivity index (χ1) is 28.8. The van der Waals surface area contributed by atoms with E-state index in [1.54, 1.807) is 45.1 Å². The number of esters is 1. The largest absolute Gasteiger partial charge is 0.491 e. The van der Waals surface area contributed by atoms with Crippen LogP contribution < -0.4 is 14.2 Å². The van der Waals surface area contributed by atoms with Gasteiger partial charge in [-0.15, -0.1) is 11.3 Å². The minimum Gasteiger partial charge on any atom is -0.491 e. The molecule has 2 atom stereocenters. The molecule has 2 aromatic carbocycles. The van der Waals surface area contributed by atoms with Gasteiger partial charge in [-0.3, -0.25) is 9.58 Å². The van der Waals surface area contributed by atoms with Crippen LogP contribution in [-0.2, 0) is 22.7 Å². The molecule has 5 heterocycles. The molecule has 19 heteroatoms. The van der Waals surface area contributed by atoms with Gasteiger partial charge in [-0.1, -0.05) is 35.9 Å². The maximum absolute atomic E-state index is 14.4. The molecule has 0 radical (unpaired) electrons. The number of furan rings is 1. The number of piperazine rings is 1. The molecule has 0 amide bonds. The minimum atomic E-state index is -4.48. The summed E-state index contributed by atoms with van der Waals surface area (Å²) in [5.74, 6) is -0.358. The summed E-state index contributed by atoms with van der Waals surface area (Å²) >= 11 is 8.24. The molecule has 0 bridgehead atoms. The zero-order valence-electron chi connectivity index (χ0n) is 33.3. The number of para-hydroxylation sites is 1. The normalized spacial score (nSPS) is 14.9. The van der Waals surface area contributed by atoms with Crippen LogP contribution in [0.2, 0.25) is 5.02 Å². The van der Waals surface area contributed by atoms with Crippen LogP contribution in [0, 0.1) is 12.9 Å². The van der Waals surface area contributed by atoms with Crippen molar-refractivity contribution in [1.29, 1.82) is 0 Å². The number of carbonyl (C=O) groups excluding carboxylic acids is 1. The smallest absolute Gasteiger partial charge is 0.408 e. The Bertz CT molecular complexity index is 2440. The van der Waals surface area contributed by atoms with Gasteiger partial charge < -0.3 is 28.3 Å². The van der Waals surface area contributed by atoms with Gasteiger partial charge in [0.15, 0.2) is 6.10 Å². The number of alkyl halides is 3. The second-order valence-corrected chi connectivity index (χ2v) is 15.7. The Morgan fingerprint density at radius 1 is 1.03 bits per heavy atom. The van der Waals surface area contributed by atoms with Crippen molar-refractivity contribution in [2.24, 2.45) is 0 Å². The maximum atomic E-state index is 14.4. The molecule has 1 aliphatic rings. The number of nitrogens with zero attached hydrogens (tertiary/aromatic N) is 6. The molecular formula is C41H42BClF4N6O6S. The number of thiophene rings is 1. The maximum Gasteiger partial charge on any atom is 0.408 e. The number of rotatable bonds is 16. The molecule has 7 rings (SSSR count). The van der Waals surface area contributed by atoms with Crippen LogP contribution in [0.15, 0.2) is 71.5 Å². The predicted octanol–water partition coefficient (Wildman–Crippen LogP) is 7.37. The molecule has 0 spiro atoms. The third-order valence-corrected chi connectivity index (χ3v) is 11.8. The fourth-order valence-electron chi connectivity index (χ4n) is 7.06. The highest BCUT2D eigenvalue weighted by atomic mass is 35.5. The summed E-state index contributed by atoms with van der Waals surface area (Å²) in [5.41, 5.74) is 2.57. The second-order valence-electron chi connectivity index (χ2n) is 14.3. The molecule has 60 heavy (non-hydrogen) atoms. The molecule has 0 saturated carbocycles. The van der Waals surface area contributed by atoms with Gasteiger partial charge in [0.05, 0.1) is 27.6 Å². The summed E-state index contributed by atoms with van der Waals surface area (Å²) in [7, 11) is 3.85. The summed E-state index contributed by atoms with van der Waals surface area (Å²) in [6, 6.07) is 13.9. The van der Waals surface area contributed by atoms with Gasteiger partial charge in [0.25, 0.3) is 6.01 Å². The van der Waals surface area contributed by atoms with E-state index < -0.39 is 36.6 Å². The lowest BCUT2D eigenvalue weighted by molar-refractivity contribution is -0.151. The fraction of sp³-hybridized carbons (Fsp3) is 0.366. The fourth-order valence-corrected chi connectivity index (χ4v) is 8.39. The van der Waals surface area contributed by atoms with Gasteiger partial charge in [-0.05, 0) is 61.9 Å². The first kappa shape index (κ1) is 42.9. The monoisotopic (exact) mass is 868 g/mol. The molecule has 1 aliphatic heterocycles. The lowest BCUT2D eigenvalue weighted by Gasteiger charge is -2.32. The van der Waals surface area contributed by atoms with Crippen LogP contribution in [0.4, 0.5) is 17.6 Å². The van der Waals surface area contributed by atoms with E-state index in [2.05, 4.69) is 31.9 Å². The summed E-state index contributed by atoms with van der Waals surface area (Å²) in [6.07, 6.45) is -3.21. The molecule has 12 nitrogen and oxygen atoms in total. The molecule has 316 valence electrons. The lowest BCUT2D eigenvalue weighted by atomic mass is 9.76. The molecule has 1 saturated heterocycles. The highest BCUT2D eigenvalue weighted by Gasteiger charge is 2.35. The Labute approximate surface area is 353 Å². The third-order valence-electron chi connectivity index (χ3n) is 10.3. The Hall–Kier alpha value is -5.17. The number of fused-ring (bicyclic) bond motifs is 1. The molecule has 1 fully saturated rings. The predicted molar refractivity (Wildman–Crippen MR) is 221 cm³/mol. The van der Waals surface area contributed by atoms with E-state index in [-0.39, 0.29) is 30.5 Å². The number of likely N-dealkylation sites (N-methyl/N-ethyl adjacent to an activating group) is 1. The number of halogens is 5. The average Bonchev–Trinajstić information content (AvgIpc) is 3.96. The first-order valence-corrected chi connectivity index (χ1v) is 20.5. The van der Waals surface area contributed by atoms with E-state index in [1.807, 2.05) is 13.0 Å². The standard InChI is InChI=1S/C41H42BClF4N6O6S/c1-4-55-40(54)36(34(42)27-7-5-6-8-28(27)57-21-25-13-14-50-53(25)22-41(45,46)47)59-38-33-32(37(30-11-12-31(44)58-30)60-39(33)49-23-48-38)26-9-10-29(35(43)24(26)2)56-20-19-52-17-15-51(3)16-18-52/h5-14,23,34,36H,4,15-22,42H2,1-3H3. The SMILES string of the molecule is BC(c1ccccc1OCc1ccnn1CC(F)(F)F)C(Oc1ncnc2sc(-c3ccc(F)o3)c(-c3ccc(OCCN4CCN(C)CC4)c(Cl)c3C)c12)C(=O)OCC. The van der Waals surface area contributed by atoms with Crippen LogP contribution in [0.5, 0.6) is 17.4 Å². The molecule has 4 aromatic heterocycles. The van der Waals surface area contributed by atoms with Crippen LogP contribution in [0.1, 0.15) is 29.6 Å². The number of hydrogen-bond donors (Lipinski definition) is 0. The Morgan fingerprint density at radius 2 is 1.82 bits per heavy atom. The van der Waals surface area contributed by atoms with Crippen molar-refractivity contribution in [1.82, 2.24) is 29.5 Å². The van der Waals surface area contributed by atoms with E-state index in [0.29, 0.717) is 60.5 Å². The summed E-state index contributed by atoms with van der Waals surface area (Å²) in [4.78, 5) is 28.5. The minimum absolute atomic E-state index is 0.0342. The number of carbonyl (C=O) groups is 1. The number of aromatic nitrogens is 4. The van der Waals surface area contributed by atoms with Crippen molar-refractivity contribution in [3.63, 3.8) is 0 Å². The van der Waals surface area contributed by atoms with Crippen LogP contribution >= 0.6 is 22.9 Å². The van der Waals surface area contributed by atoms with E-state index in [1.165, 1.54) is 42.1 Å². The number of hydrogen-bond acceptors (Lipinski definition) is 12. The summed E-state index contributed by atoms with van der Waals surface area (Å²) in [6.45, 7) is 7.15. The van der Waals surface area contributed by atoms with Crippen molar-refractivity contribution in [3.05, 3.63) is 95.0 Å². The molecular weight excluding hydrogens is 827 g/mol. The Kier molecular flexibility index (Phi) is 13.3. The quantitative estimate of drug-likeness (QED) is 0.0552. The molecule has 0 aliphatic carbocycles. The highest BCUT2D eigenvalue weighted by molar-refractivity contribution is 7.22. The van der Waals surface area contributed by atoms with Gasteiger partial charge in [0.1, 0.15) is 56.0 Å². The molecule has 2 unspecified atom stereocenters. The number of benzene rings is 2. The molecule has 0 N–H and O–H groups in total. The topological polar surface area (TPSA) is 117 Å². The average molecular weight is 869 g/mol. The van der Waals surface area contributed by atoms with E-state index in [4.69, 9.17) is 35.0 Å². The highest BCUT2D eigenvalue weighted by Crippen LogP contribution is 2.50. The third kappa shape index (κ3) is 9.72. The van der Waals surface area contributed by atoms with Crippen molar-refractivity contribution in [2.75, 3.05) is 53.0 Å². The molecule has 6 aromatic rings. The Balaban J connectivity index is 1.23.